The standard InChI is InChI=1S/C13H20FNO3/c1-10(7-16)15-6-12(17)9-18-8-11-4-2-3-5-13(11)14/h2-5,10,12,15-17H,6-9H2,1H3. The van der Waals surface area contributed by atoms with Gasteiger partial charge < -0.3 is 20.3 Å². The van der Waals surface area contributed by atoms with E-state index in [0.717, 1.165) is 0 Å². The first-order valence-electron chi connectivity index (χ1n) is 5.97. The summed E-state index contributed by atoms with van der Waals surface area (Å²) < 4.78 is 18.5. The molecule has 0 fully saturated rings. The fraction of sp³-hybridized carbons (Fsp3) is 0.538. The Bertz CT molecular complexity index is 349. The average molecular weight is 257 g/mol. The molecular weight excluding hydrogens is 237 g/mol. The van der Waals surface area contributed by atoms with Crippen LogP contribution in [0.5, 0.6) is 0 Å². The fourth-order valence-electron chi connectivity index (χ4n) is 1.38. The Balaban J connectivity index is 2.19. The zero-order chi connectivity index (χ0) is 13.4. The summed E-state index contributed by atoms with van der Waals surface area (Å²) in [5, 5.41) is 21.3. The van der Waals surface area contributed by atoms with E-state index in [1.807, 2.05) is 6.92 Å². The molecule has 18 heavy (non-hydrogen) atoms. The van der Waals surface area contributed by atoms with E-state index < -0.39 is 6.10 Å². The van der Waals surface area contributed by atoms with Crippen molar-refractivity contribution in [1.82, 2.24) is 5.32 Å². The third-order valence-corrected chi connectivity index (χ3v) is 2.50. The second-order valence-electron chi connectivity index (χ2n) is 4.25. The summed E-state index contributed by atoms with van der Waals surface area (Å²) in [6.45, 7) is 2.42. The van der Waals surface area contributed by atoms with Crippen molar-refractivity contribution < 1.29 is 19.3 Å². The molecule has 1 rings (SSSR count). The minimum Gasteiger partial charge on any atom is -0.395 e. The summed E-state index contributed by atoms with van der Waals surface area (Å²) in [7, 11) is 0. The van der Waals surface area contributed by atoms with E-state index in [2.05, 4.69) is 5.32 Å². The Morgan fingerprint density at radius 1 is 1.39 bits per heavy atom. The molecule has 2 unspecified atom stereocenters. The van der Waals surface area contributed by atoms with E-state index in [1.54, 1.807) is 18.2 Å². The van der Waals surface area contributed by atoms with Crippen LogP contribution < -0.4 is 5.32 Å². The molecule has 0 saturated heterocycles. The molecule has 0 radical (unpaired) electrons. The minimum atomic E-state index is -0.675. The van der Waals surface area contributed by atoms with Crippen LogP contribution in [0.15, 0.2) is 24.3 Å². The largest absolute Gasteiger partial charge is 0.395 e. The maximum Gasteiger partial charge on any atom is 0.128 e. The van der Waals surface area contributed by atoms with Gasteiger partial charge in [-0.1, -0.05) is 18.2 Å². The normalized spacial score (nSPS) is 14.4. The van der Waals surface area contributed by atoms with E-state index in [-0.39, 0.29) is 31.7 Å². The number of aliphatic hydroxyl groups is 2. The summed E-state index contributed by atoms with van der Waals surface area (Å²) in [6, 6.07) is 6.32. The van der Waals surface area contributed by atoms with Gasteiger partial charge in [0.25, 0.3) is 0 Å². The lowest BCUT2D eigenvalue weighted by Gasteiger charge is -2.15. The Morgan fingerprint density at radius 3 is 2.78 bits per heavy atom. The van der Waals surface area contributed by atoms with Crippen LogP contribution in [0, 0.1) is 5.82 Å². The van der Waals surface area contributed by atoms with Gasteiger partial charge in [-0.05, 0) is 13.0 Å². The van der Waals surface area contributed by atoms with Gasteiger partial charge in [0.15, 0.2) is 0 Å². The predicted molar refractivity (Wildman–Crippen MR) is 66.6 cm³/mol. The summed E-state index contributed by atoms with van der Waals surface area (Å²) in [5.74, 6) is -0.306. The monoisotopic (exact) mass is 257 g/mol. The lowest BCUT2D eigenvalue weighted by Crippen LogP contribution is -2.37. The average Bonchev–Trinajstić information content (AvgIpc) is 2.38. The Morgan fingerprint density at radius 2 is 2.11 bits per heavy atom. The van der Waals surface area contributed by atoms with Crippen molar-refractivity contribution in [3.05, 3.63) is 35.6 Å². The number of rotatable bonds is 8. The van der Waals surface area contributed by atoms with Gasteiger partial charge >= 0.3 is 0 Å². The topological polar surface area (TPSA) is 61.7 Å². The number of hydrogen-bond donors (Lipinski definition) is 3. The van der Waals surface area contributed by atoms with Crippen molar-refractivity contribution in [2.45, 2.75) is 25.7 Å². The summed E-state index contributed by atoms with van der Waals surface area (Å²) in [5.41, 5.74) is 0.474. The number of ether oxygens (including phenoxy) is 1. The van der Waals surface area contributed by atoms with Crippen LogP contribution >= 0.6 is 0 Å². The molecule has 0 bridgehead atoms. The smallest absolute Gasteiger partial charge is 0.128 e. The van der Waals surface area contributed by atoms with E-state index in [1.165, 1.54) is 6.07 Å². The molecule has 1 aromatic rings. The van der Waals surface area contributed by atoms with E-state index in [4.69, 9.17) is 9.84 Å². The minimum absolute atomic E-state index is 0.0167. The van der Waals surface area contributed by atoms with Crippen LogP contribution in [0.3, 0.4) is 0 Å². The summed E-state index contributed by atoms with van der Waals surface area (Å²) in [6.07, 6.45) is -0.675. The maximum absolute atomic E-state index is 13.2. The zero-order valence-electron chi connectivity index (χ0n) is 10.5. The predicted octanol–water partition coefficient (Wildman–Crippen LogP) is 0.674. The van der Waals surface area contributed by atoms with Crippen LogP contribution in [0.25, 0.3) is 0 Å². The van der Waals surface area contributed by atoms with Gasteiger partial charge in [-0.3, -0.25) is 0 Å². The van der Waals surface area contributed by atoms with Gasteiger partial charge in [0.05, 0.1) is 25.9 Å². The van der Waals surface area contributed by atoms with Crippen LogP contribution in [-0.2, 0) is 11.3 Å². The third kappa shape index (κ3) is 5.55. The van der Waals surface area contributed by atoms with Gasteiger partial charge in [0.1, 0.15) is 5.82 Å². The Kier molecular flexibility index (Phi) is 6.82. The molecule has 0 aromatic heterocycles. The third-order valence-electron chi connectivity index (χ3n) is 2.50. The molecule has 3 N–H and O–H groups in total. The number of halogens is 1. The van der Waals surface area contributed by atoms with Crippen molar-refractivity contribution in [2.75, 3.05) is 19.8 Å². The van der Waals surface area contributed by atoms with Crippen molar-refractivity contribution in [2.24, 2.45) is 0 Å². The maximum atomic E-state index is 13.2. The highest BCUT2D eigenvalue weighted by molar-refractivity contribution is 5.16. The summed E-state index contributed by atoms with van der Waals surface area (Å²) >= 11 is 0. The first kappa shape index (κ1) is 15.0. The van der Waals surface area contributed by atoms with Crippen LogP contribution in [0.1, 0.15) is 12.5 Å². The molecule has 5 heteroatoms. The first-order chi connectivity index (χ1) is 8.63. The number of benzene rings is 1. The first-order valence-corrected chi connectivity index (χ1v) is 5.97. The quantitative estimate of drug-likeness (QED) is 0.640. The van der Waals surface area contributed by atoms with Crippen LogP contribution in [-0.4, -0.2) is 42.1 Å². The van der Waals surface area contributed by atoms with Crippen molar-refractivity contribution >= 4 is 0 Å². The SMILES string of the molecule is CC(CO)NCC(O)COCc1ccccc1F. The second-order valence-corrected chi connectivity index (χ2v) is 4.25. The molecule has 0 aliphatic heterocycles. The second kappa shape index (κ2) is 8.16. The van der Waals surface area contributed by atoms with E-state index in [0.29, 0.717) is 12.1 Å². The zero-order valence-corrected chi connectivity index (χ0v) is 10.5. The van der Waals surface area contributed by atoms with Gasteiger partial charge in [0.2, 0.25) is 0 Å². The lowest BCUT2D eigenvalue weighted by atomic mass is 10.2. The van der Waals surface area contributed by atoms with Crippen molar-refractivity contribution in [1.29, 1.82) is 0 Å². The number of nitrogens with one attached hydrogen (secondary N) is 1. The molecule has 4 nitrogen and oxygen atoms in total. The molecular formula is C13H20FNO3. The molecule has 0 saturated carbocycles. The highest BCUT2D eigenvalue weighted by Gasteiger charge is 2.07. The van der Waals surface area contributed by atoms with Crippen LogP contribution in [0.4, 0.5) is 4.39 Å². The fourth-order valence-corrected chi connectivity index (χ4v) is 1.38. The van der Waals surface area contributed by atoms with Crippen molar-refractivity contribution in [3.63, 3.8) is 0 Å². The molecule has 0 heterocycles. The van der Waals surface area contributed by atoms with Gasteiger partial charge in [-0.15, -0.1) is 0 Å². The Labute approximate surface area is 106 Å². The van der Waals surface area contributed by atoms with Crippen LogP contribution in [0.2, 0.25) is 0 Å². The molecule has 0 spiro atoms. The molecule has 1 aromatic carbocycles. The van der Waals surface area contributed by atoms with Gasteiger partial charge in [-0.25, -0.2) is 4.39 Å². The molecule has 0 aliphatic rings. The molecule has 0 amide bonds. The molecule has 102 valence electrons. The molecule has 2 atom stereocenters. The summed E-state index contributed by atoms with van der Waals surface area (Å²) in [4.78, 5) is 0. The Hall–Kier alpha value is -1.01. The highest BCUT2D eigenvalue weighted by atomic mass is 19.1. The van der Waals surface area contributed by atoms with E-state index >= 15 is 0 Å². The number of aliphatic hydroxyl groups excluding tert-OH is 2. The van der Waals surface area contributed by atoms with Gasteiger partial charge in [-0.2, -0.15) is 0 Å². The number of hydrogen-bond acceptors (Lipinski definition) is 4. The lowest BCUT2D eigenvalue weighted by molar-refractivity contribution is 0.0260. The molecule has 0 aliphatic carbocycles. The van der Waals surface area contributed by atoms with E-state index in [9.17, 15) is 9.50 Å². The van der Waals surface area contributed by atoms with Gasteiger partial charge in [0, 0.05) is 18.2 Å². The highest BCUT2D eigenvalue weighted by Crippen LogP contribution is 2.07. The van der Waals surface area contributed by atoms with Crippen molar-refractivity contribution in [3.8, 4) is 0 Å².